The maximum atomic E-state index is 11.8. The molecule has 0 bridgehead atoms. The van der Waals surface area contributed by atoms with Gasteiger partial charge >= 0.3 is 0 Å². The Labute approximate surface area is 116 Å². The molecule has 0 aliphatic heterocycles. The zero-order valence-electron chi connectivity index (χ0n) is 12.5. The topological polar surface area (TPSA) is 38.3 Å². The quantitative estimate of drug-likeness (QED) is 0.820. The van der Waals surface area contributed by atoms with Crippen LogP contribution in [0, 0.1) is 6.92 Å². The summed E-state index contributed by atoms with van der Waals surface area (Å²) in [4.78, 5) is 11.8. The minimum Gasteiger partial charge on any atom is -0.496 e. The van der Waals surface area contributed by atoms with Crippen molar-refractivity contribution < 1.29 is 9.53 Å². The molecule has 1 amide bonds. The lowest BCUT2D eigenvalue weighted by Crippen LogP contribution is -2.32. The maximum Gasteiger partial charge on any atom is 0.220 e. The monoisotopic (exact) mass is 263 g/mol. The van der Waals surface area contributed by atoms with Crippen LogP contribution >= 0.6 is 0 Å². The van der Waals surface area contributed by atoms with Gasteiger partial charge < -0.3 is 10.1 Å². The van der Waals surface area contributed by atoms with Gasteiger partial charge in [-0.1, -0.05) is 25.5 Å². The van der Waals surface area contributed by atoms with Crippen molar-refractivity contribution >= 4 is 5.91 Å². The Morgan fingerprint density at radius 2 is 2.16 bits per heavy atom. The van der Waals surface area contributed by atoms with Gasteiger partial charge in [0.1, 0.15) is 5.75 Å². The zero-order valence-corrected chi connectivity index (χ0v) is 12.5. The van der Waals surface area contributed by atoms with Crippen LogP contribution < -0.4 is 10.1 Å². The summed E-state index contributed by atoms with van der Waals surface area (Å²) in [5, 5.41) is 3.02. The van der Waals surface area contributed by atoms with Crippen molar-refractivity contribution in [3.8, 4) is 5.75 Å². The normalized spacial score (nSPS) is 12.0. The second-order valence-electron chi connectivity index (χ2n) is 5.06. The molecule has 0 saturated heterocycles. The van der Waals surface area contributed by atoms with E-state index < -0.39 is 0 Å². The molecule has 1 aromatic carbocycles. The molecule has 0 unspecified atom stereocenters. The van der Waals surface area contributed by atoms with E-state index >= 15 is 0 Å². The second-order valence-corrected chi connectivity index (χ2v) is 5.06. The molecule has 1 aromatic rings. The van der Waals surface area contributed by atoms with Gasteiger partial charge in [-0.05, 0) is 43.9 Å². The average Bonchev–Trinajstić information content (AvgIpc) is 2.36. The van der Waals surface area contributed by atoms with Crippen molar-refractivity contribution in [2.75, 3.05) is 7.11 Å². The molecule has 1 atom stereocenters. The standard InChI is InChI=1S/C16H25NO2/c1-5-6-13(3)17-16(18)10-8-14-7-9-15(19-4)12(2)11-14/h7,9,11,13H,5-6,8,10H2,1-4H3,(H,17,18)/t13-/m1/s1. The van der Waals surface area contributed by atoms with Crippen molar-refractivity contribution in [3.05, 3.63) is 29.3 Å². The van der Waals surface area contributed by atoms with E-state index in [0.29, 0.717) is 6.42 Å². The van der Waals surface area contributed by atoms with Gasteiger partial charge in [0, 0.05) is 12.5 Å². The smallest absolute Gasteiger partial charge is 0.220 e. The van der Waals surface area contributed by atoms with E-state index in [2.05, 4.69) is 25.2 Å². The van der Waals surface area contributed by atoms with Gasteiger partial charge in [-0.2, -0.15) is 0 Å². The molecule has 0 aromatic heterocycles. The highest BCUT2D eigenvalue weighted by molar-refractivity contribution is 5.76. The molecule has 0 radical (unpaired) electrons. The lowest BCUT2D eigenvalue weighted by Gasteiger charge is -2.13. The highest BCUT2D eigenvalue weighted by atomic mass is 16.5. The molecule has 106 valence electrons. The van der Waals surface area contributed by atoms with Crippen LogP contribution in [-0.2, 0) is 11.2 Å². The fourth-order valence-corrected chi connectivity index (χ4v) is 2.21. The summed E-state index contributed by atoms with van der Waals surface area (Å²) in [7, 11) is 1.67. The fraction of sp³-hybridized carbons (Fsp3) is 0.562. The first kappa shape index (κ1) is 15.5. The molecule has 19 heavy (non-hydrogen) atoms. The Morgan fingerprint density at radius 3 is 2.74 bits per heavy atom. The van der Waals surface area contributed by atoms with Gasteiger partial charge in [0.15, 0.2) is 0 Å². The summed E-state index contributed by atoms with van der Waals surface area (Å²) in [6, 6.07) is 6.34. The van der Waals surface area contributed by atoms with Crippen LogP contribution in [0.2, 0.25) is 0 Å². The molecule has 1 rings (SSSR count). The van der Waals surface area contributed by atoms with Crippen molar-refractivity contribution in [1.29, 1.82) is 0 Å². The molecule has 0 saturated carbocycles. The lowest BCUT2D eigenvalue weighted by molar-refractivity contribution is -0.121. The number of ether oxygens (including phenoxy) is 1. The molecule has 0 fully saturated rings. The number of carbonyl (C=O) groups excluding carboxylic acids is 1. The first-order valence-electron chi connectivity index (χ1n) is 6.99. The third-order valence-electron chi connectivity index (χ3n) is 3.23. The highest BCUT2D eigenvalue weighted by Gasteiger charge is 2.07. The van der Waals surface area contributed by atoms with Gasteiger partial charge in [0.2, 0.25) is 5.91 Å². The van der Waals surface area contributed by atoms with E-state index in [4.69, 9.17) is 4.74 Å². The van der Waals surface area contributed by atoms with E-state index in [0.717, 1.165) is 30.6 Å². The van der Waals surface area contributed by atoms with E-state index in [1.165, 1.54) is 5.56 Å². The van der Waals surface area contributed by atoms with Crippen molar-refractivity contribution in [2.45, 2.75) is 52.5 Å². The third-order valence-corrected chi connectivity index (χ3v) is 3.23. The SMILES string of the molecule is CCC[C@@H](C)NC(=O)CCc1ccc(OC)c(C)c1. The number of methoxy groups -OCH3 is 1. The predicted octanol–water partition coefficient (Wildman–Crippen LogP) is 3.24. The van der Waals surface area contributed by atoms with Crippen LogP contribution in [0.25, 0.3) is 0 Å². The highest BCUT2D eigenvalue weighted by Crippen LogP contribution is 2.19. The summed E-state index contributed by atoms with van der Waals surface area (Å²) in [6.45, 7) is 6.20. The Hall–Kier alpha value is -1.51. The van der Waals surface area contributed by atoms with Crippen molar-refractivity contribution in [1.82, 2.24) is 5.32 Å². The third kappa shape index (κ3) is 5.33. The van der Waals surface area contributed by atoms with Crippen LogP contribution in [0.4, 0.5) is 0 Å². The molecule has 0 aliphatic carbocycles. The summed E-state index contributed by atoms with van der Waals surface area (Å²) in [5.41, 5.74) is 2.29. The Morgan fingerprint density at radius 1 is 1.42 bits per heavy atom. The van der Waals surface area contributed by atoms with Crippen molar-refractivity contribution in [3.63, 3.8) is 0 Å². The average molecular weight is 263 g/mol. The Kier molecular flexibility index (Phi) is 6.40. The number of rotatable bonds is 7. The molecule has 0 heterocycles. The first-order valence-corrected chi connectivity index (χ1v) is 6.99. The first-order chi connectivity index (χ1) is 9.06. The van der Waals surface area contributed by atoms with Gasteiger partial charge in [-0.15, -0.1) is 0 Å². The van der Waals surface area contributed by atoms with Gasteiger partial charge in [-0.25, -0.2) is 0 Å². The second kappa shape index (κ2) is 7.82. The number of benzene rings is 1. The molecule has 3 nitrogen and oxygen atoms in total. The van der Waals surface area contributed by atoms with Gasteiger partial charge in [-0.3, -0.25) is 4.79 Å². The molecule has 0 aliphatic rings. The van der Waals surface area contributed by atoms with Gasteiger partial charge in [0.05, 0.1) is 7.11 Å². The van der Waals surface area contributed by atoms with Crippen LogP contribution in [-0.4, -0.2) is 19.1 Å². The van der Waals surface area contributed by atoms with Crippen LogP contribution in [0.5, 0.6) is 5.75 Å². The van der Waals surface area contributed by atoms with E-state index in [1.54, 1.807) is 7.11 Å². The van der Waals surface area contributed by atoms with Crippen LogP contribution in [0.15, 0.2) is 18.2 Å². The lowest BCUT2D eigenvalue weighted by atomic mass is 10.1. The number of hydrogen-bond acceptors (Lipinski definition) is 2. The fourth-order valence-electron chi connectivity index (χ4n) is 2.21. The zero-order chi connectivity index (χ0) is 14.3. The Balaban J connectivity index is 2.44. The number of hydrogen-bond donors (Lipinski definition) is 1. The molecule has 3 heteroatoms. The summed E-state index contributed by atoms with van der Waals surface area (Å²) >= 11 is 0. The minimum absolute atomic E-state index is 0.134. The maximum absolute atomic E-state index is 11.8. The number of aryl methyl sites for hydroxylation is 2. The predicted molar refractivity (Wildman–Crippen MR) is 78.6 cm³/mol. The van der Waals surface area contributed by atoms with E-state index in [9.17, 15) is 4.79 Å². The largest absolute Gasteiger partial charge is 0.496 e. The van der Waals surface area contributed by atoms with Crippen LogP contribution in [0.3, 0.4) is 0 Å². The molecular weight excluding hydrogens is 238 g/mol. The van der Waals surface area contributed by atoms with E-state index in [1.807, 2.05) is 19.1 Å². The minimum atomic E-state index is 0.134. The number of carbonyl (C=O) groups is 1. The van der Waals surface area contributed by atoms with E-state index in [-0.39, 0.29) is 11.9 Å². The molecule has 0 spiro atoms. The summed E-state index contributed by atoms with van der Waals surface area (Å²) < 4.78 is 5.23. The Bertz CT molecular complexity index is 415. The van der Waals surface area contributed by atoms with Crippen molar-refractivity contribution in [2.24, 2.45) is 0 Å². The molecular formula is C16H25NO2. The summed E-state index contributed by atoms with van der Waals surface area (Å²) in [5.74, 6) is 1.03. The molecule has 1 N–H and O–H groups in total. The number of nitrogens with one attached hydrogen (secondary N) is 1. The van der Waals surface area contributed by atoms with Crippen LogP contribution in [0.1, 0.15) is 44.2 Å². The van der Waals surface area contributed by atoms with Gasteiger partial charge in [0.25, 0.3) is 0 Å². The summed E-state index contributed by atoms with van der Waals surface area (Å²) in [6.07, 6.45) is 3.45. The number of amides is 1.